The summed E-state index contributed by atoms with van der Waals surface area (Å²) >= 11 is 12.4. The molecule has 8 nitrogen and oxygen atoms in total. The van der Waals surface area contributed by atoms with Gasteiger partial charge in [0.1, 0.15) is 18.3 Å². The number of hydrogen-bond donors (Lipinski definition) is 1. The topological polar surface area (TPSA) is 96.0 Å². The summed E-state index contributed by atoms with van der Waals surface area (Å²) < 4.78 is 32.2. The van der Waals surface area contributed by atoms with Crippen molar-refractivity contribution < 1.29 is 22.7 Å². The molecule has 0 aliphatic rings. The molecule has 0 unspecified atom stereocenters. The minimum absolute atomic E-state index is 0.0205. The first kappa shape index (κ1) is 31.3. The number of sulfonamides is 1. The van der Waals surface area contributed by atoms with Crippen LogP contribution in [0.15, 0.2) is 72.8 Å². The Morgan fingerprint density at radius 1 is 0.925 bits per heavy atom. The molecule has 0 spiro atoms. The third-order valence-corrected chi connectivity index (χ3v) is 7.63. The monoisotopic (exact) mass is 605 g/mol. The predicted octanol–water partition coefficient (Wildman–Crippen LogP) is 4.93. The van der Waals surface area contributed by atoms with Crippen LogP contribution in [0, 0.1) is 0 Å². The Kier molecular flexibility index (Phi) is 10.8. The Morgan fingerprint density at radius 3 is 2.17 bits per heavy atom. The van der Waals surface area contributed by atoms with Gasteiger partial charge in [0, 0.05) is 29.1 Å². The molecular weight excluding hydrogens is 573 g/mol. The Hall–Kier alpha value is -3.27. The SMILES string of the molecule is COc1ccc(Cl)cc1N(CC(=O)N(Cc1cccc(Cl)c1)[C@@H](Cc1ccccc1)C(=O)NC(C)C)S(C)(=O)=O. The van der Waals surface area contributed by atoms with Crippen molar-refractivity contribution in [3.05, 3.63) is 94.0 Å². The third-order valence-electron chi connectivity index (χ3n) is 6.03. The van der Waals surface area contributed by atoms with E-state index in [2.05, 4.69) is 5.32 Å². The maximum atomic E-state index is 14.1. The van der Waals surface area contributed by atoms with E-state index in [1.165, 1.54) is 24.1 Å². The van der Waals surface area contributed by atoms with Gasteiger partial charge >= 0.3 is 0 Å². The van der Waals surface area contributed by atoms with Gasteiger partial charge in [-0.1, -0.05) is 65.7 Å². The molecule has 0 aromatic heterocycles. The zero-order valence-corrected chi connectivity index (χ0v) is 25.1. The van der Waals surface area contributed by atoms with Crippen molar-refractivity contribution in [3.8, 4) is 5.75 Å². The highest BCUT2D eigenvalue weighted by Crippen LogP contribution is 2.33. The van der Waals surface area contributed by atoms with Gasteiger partial charge in [0.25, 0.3) is 0 Å². The molecule has 3 aromatic carbocycles. The first-order valence-corrected chi connectivity index (χ1v) is 15.2. The van der Waals surface area contributed by atoms with Crippen molar-refractivity contribution >= 4 is 50.7 Å². The molecule has 214 valence electrons. The van der Waals surface area contributed by atoms with Crippen molar-refractivity contribution in [3.63, 3.8) is 0 Å². The maximum Gasteiger partial charge on any atom is 0.244 e. The maximum absolute atomic E-state index is 14.1. The first-order valence-electron chi connectivity index (χ1n) is 12.6. The molecule has 0 aliphatic carbocycles. The number of anilines is 1. The molecule has 0 saturated carbocycles. The fraction of sp³-hybridized carbons (Fsp3) is 0.310. The Bertz CT molecular complexity index is 1430. The number of nitrogens with zero attached hydrogens (tertiary/aromatic N) is 2. The predicted molar refractivity (Wildman–Crippen MR) is 159 cm³/mol. The summed E-state index contributed by atoms with van der Waals surface area (Å²) in [7, 11) is -2.58. The molecule has 11 heteroatoms. The number of rotatable bonds is 12. The van der Waals surface area contributed by atoms with Crippen LogP contribution in [0.5, 0.6) is 5.75 Å². The molecule has 0 heterocycles. The largest absolute Gasteiger partial charge is 0.495 e. The molecule has 0 aliphatic heterocycles. The van der Waals surface area contributed by atoms with E-state index in [0.29, 0.717) is 10.6 Å². The number of carbonyl (C=O) groups excluding carboxylic acids is 2. The fourth-order valence-electron chi connectivity index (χ4n) is 4.22. The van der Waals surface area contributed by atoms with Crippen LogP contribution < -0.4 is 14.4 Å². The second kappa shape index (κ2) is 13.9. The quantitative estimate of drug-likeness (QED) is 0.316. The van der Waals surface area contributed by atoms with Crippen molar-refractivity contribution in [1.82, 2.24) is 10.2 Å². The van der Waals surface area contributed by atoms with Crippen LogP contribution in [0.25, 0.3) is 0 Å². The molecule has 0 fully saturated rings. The first-order chi connectivity index (χ1) is 18.9. The van der Waals surface area contributed by atoms with Gasteiger partial charge in [0.05, 0.1) is 19.1 Å². The molecule has 0 radical (unpaired) electrons. The normalized spacial score (nSPS) is 12.1. The van der Waals surface area contributed by atoms with E-state index in [1.54, 1.807) is 30.3 Å². The average molecular weight is 607 g/mol. The van der Waals surface area contributed by atoms with Gasteiger partial charge in [-0.3, -0.25) is 13.9 Å². The standard InChI is InChI=1S/C29H33Cl2N3O5S/c1-20(2)32-29(36)26(16-21-9-6-5-7-10-21)33(18-22-11-8-12-23(30)15-22)28(35)19-34(40(4,37)38)25-17-24(31)13-14-27(25)39-3/h5-15,17,20,26H,16,18-19H2,1-4H3,(H,32,36)/t26-/m0/s1. The number of carbonyl (C=O) groups is 2. The van der Waals surface area contributed by atoms with Gasteiger partial charge in [-0.25, -0.2) is 8.42 Å². The van der Waals surface area contributed by atoms with Gasteiger partial charge in [-0.05, 0) is 55.3 Å². The number of methoxy groups -OCH3 is 1. The number of benzene rings is 3. The highest BCUT2D eigenvalue weighted by Gasteiger charge is 2.34. The Labute approximate surface area is 245 Å². The molecule has 0 bridgehead atoms. The van der Waals surface area contributed by atoms with E-state index >= 15 is 0 Å². The van der Waals surface area contributed by atoms with Crippen LogP contribution in [0.4, 0.5) is 5.69 Å². The average Bonchev–Trinajstić information content (AvgIpc) is 2.88. The zero-order valence-electron chi connectivity index (χ0n) is 22.8. The van der Waals surface area contributed by atoms with E-state index in [1.807, 2.05) is 44.2 Å². The Morgan fingerprint density at radius 2 is 1.57 bits per heavy atom. The molecule has 40 heavy (non-hydrogen) atoms. The fourth-order valence-corrected chi connectivity index (χ4v) is 5.44. The van der Waals surface area contributed by atoms with Gasteiger partial charge in [-0.2, -0.15) is 0 Å². The minimum atomic E-state index is -3.97. The Balaban J connectivity index is 2.10. The molecule has 3 aromatic rings. The second-order valence-corrected chi connectivity index (χ2v) is 12.4. The van der Waals surface area contributed by atoms with E-state index in [9.17, 15) is 18.0 Å². The number of halogens is 2. The van der Waals surface area contributed by atoms with Crippen molar-refractivity contribution in [1.29, 1.82) is 0 Å². The zero-order chi connectivity index (χ0) is 29.4. The van der Waals surface area contributed by atoms with E-state index in [0.717, 1.165) is 16.1 Å². The number of hydrogen-bond acceptors (Lipinski definition) is 5. The lowest BCUT2D eigenvalue weighted by Gasteiger charge is -2.34. The lowest BCUT2D eigenvalue weighted by molar-refractivity contribution is -0.140. The molecule has 2 amide bonds. The lowest BCUT2D eigenvalue weighted by Crippen LogP contribution is -2.54. The summed E-state index contributed by atoms with van der Waals surface area (Å²) in [6, 6.07) is 19.7. The van der Waals surface area contributed by atoms with Crippen molar-refractivity contribution in [2.45, 2.75) is 38.9 Å². The van der Waals surface area contributed by atoms with Crippen LogP contribution in [-0.2, 0) is 32.6 Å². The smallest absolute Gasteiger partial charge is 0.244 e. The molecule has 3 rings (SSSR count). The van der Waals surface area contributed by atoms with Gasteiger partial charge < -0.3 is 15.0 Å². The van der Waals surface area contributed by atoms with Crippen LogP contribution in [0.2, 0.25) is 10.0 Å². The van der Waals surface area contributed by atoms with Crippen molar-refractivity contribution in [2.24, 2.45) is 0 Å². The highest BCUT2D eigenvalue weighted by molar-refractivity contribution is 7.92. The summed E-state index contributed by atoms with van der Waals surface area (Å²) in [6.45, 7) is 3.10. The molecule has 1 N–H and O–H groups in total. The number of ether oxygens (including phenoxy) is 1. The van der Waals surface area contributed by atoms with Crippen LogP contribution in [0.3, 0.4) is 0 Å². The minimum Gasteiger partial charge on any atom is -0.495 e. The summed E-state index contributed by atoms with van der Waals surface area (Å²) in [5, 5.41) is 3.65. The summed E-state index contributed by atoms with van der Waals surface area (Å²) in [6.07, 6.45) is 1.21. The van der Waals surface area contributed by atoms with E-state index in [4.69, 9.17) is 27.9 Å². The summed E-state index contributed by atoms with van der Waals surface area (Å²) in [5.74, 6) is -0.727. The molecule has 1 atom stereocenters. The van der Waals surface area contributed by atoms with Crippen LogP contribution >= 0.6 is 23.2 Å². The third kappa shape index (κ3) is 8.61. The van der Waals surface area contributed by atoms with Crippen molar-refractivity contribution in [2.75, 3.05) is 24.2 Å². The highest BCUT2D eigenvalue weighted by atomic mass is 35.5. The van der Waals surface area contributed by atoms with E-state index in [-0.39, 0.29) is 41.4 Å². The molecular formula is C29H33Cl2N3O5S. The summed E-state index contributed by atoms with van der Waals surface area (Å²) in [5.41, 5.74) is 1.63. The molecule has 0 saturated heterocycles. The number of amides is 2. The second-order valence-electron chi connectivity index (χ2n) is 9.61. The van der Waals surface area contributed by atoms with Crippen LogP contribution in [0.1, 0.15) is 25.0 Å². The van der Waals surface area contributed by atoms with Gasteiger partial charge in [0.15, 0.2) is 0 Å². The number of nitrogens with one attached hydrogen (secondary N) is 1. The van der Waals surface area contributed by atoms with Gasteiger partial charge in [-0.15, -0.1) is 0 Å². The lowest BCUT2D eigenvalue weighted by atomic mass is 10.0. The summed E-state index contributed by atoms with van der Waals surface area (Å²) in [4.78, 5) is 29.1. The van der Waals surface area contributed by atoms with Crippen LogP contribution in [-0.4, -0.2) is 57.1 Å². The van der Waals surface area contributed by atoms with E-state index < -0.39 is 28.5 Å². The van der Waals surface area contributed by atoms with Gasteiger partial charge in [0.2, 0.25) is 21.8 Å².